The van der Waals surface area contributed by atoms with E-state index in [1.807, 2.05) is 19.2 Å². The molecule has 0 heterocycles. The summed E-state index contributed by atoms with van der Waals surface area (Å²) in [4.78, 5) is 13.7. The lowest BCUT2D eigenvalue weighted by atomic mass is 10.1. The molecule has 1 saturated carbocycles. The van der Waals surface area contributed by atoms with Crippen molar-refractivity contribution in [3.8, 4) is 5.75 Å². The van der Waals surface area contributed by atoms with E-state index in [1.54, 1.807) is 17.0 Å². The summed E-state index contributed by atoms with van der Waals surface area (Å²) in [6, 6.07) is 7.23. The van der Waals surface area contributed by atoms with Crippen LogP contribution in [0, 0.1) is 5.92 Å². The Labute approximate surface area is 114 Å². The molecule has 0 aliphatic heterocycles. The van der Waals surface area contributed by atoms with E-state index in [1.165, 1.54) is 25.7 Å². The smallest absolute Gasteiger partial charge is 0.260 e. The lowest BCUT2D eigenvalue weighted by molar-refractivity contribution is -0.132. The molecule has 1 fully saturated rings. The molecule has 104 valence electrons. The third-order valence-electron chi connectivity index (χ3n) is 3.70. The minimum Gasteiger partial charge on any atom is -0.482 e. The summed E-state index contributed by atoms with van der Waals surface area (Å²) in [7, 11) is 1.85. The van der Waals surface area contributed by atoms with Crippen molar-refractivity contribution in [3.05, 3.63) is 24.3 Å². The molecule has 0 atom stereocenters. The summed E-state index contributed by atoms with van der Waals surface area (Å²) < 4.78 is 5.47. The maximum absolute atomic E-state index is 12.0. The zero-order valence-electron chi connectivity index (χ0n) is 11.5. The zero-order chi connectivity index (χ0) is 13.7. The molecule has 2 rings (SSSR count). The first-order chi connectivity index (χ1) is 9.16. The van der Waals surface area contributed by atoms with Gasteiger partial charge in [0, 0.05) is 13.6 Å². The third-order valence-corrected chi connectivity index (χ3v) is 3.70. The van der Waals surface area contributed by atoms with Gasteiger partial charge in [0.15, 0.2) is 6.61 Å². The Kier molecular flexibility index (Phi) is 4.66. The van der Waals surface area contributed by atoms with Gasteiger partial charge in [-0.25, -0.2) is 0 Å². The van der Waals surface area contributed by atoms with Gasteiger partial charge in [0.2, 0.25) is 0 Å². The predicted octanol–water partition coefficient (Wildman–Crippen LogP) is 2.30. The summed E-state index contributed by atoms with van der Waals surface area (Å²) in [5.74, 6) is 1.25. The van der Waals surface area contributed by atoms with Gasteiger partial charge in [-0.3, -0.25) is 4.79 Å². The molecular weight excluding hydrogens is 240 g/mol. The number of benzene rings is 1. The number of amides is 1. The summed E-state index contributed by atoms with van der Waals surface area (Å²) >= 11 is 0. The second kappa shape index (κ2) is 6.45. The van der Waals surface area contributed by atoms with Gasteiger partial charge >= 0.3 is 0 Å². The van der Waals surface area contributed by atoms with Crippen molar-refractivity contribution in [2.75, 3.05) is 25.9 Å². The number of nitrogens with two attached hydrogens (primary N) is 1. The van der Waals surface area contributed by atoms with Crippen molar-refractivity contribution in [2.24, 2.45) is 5.92 Å². The van der Waals surface area contributed by atoms with E-state index in [0.717, 1.165) is 6.54 Å². The number of hydrogen-bond donors (Lipinski definition) is 1. The average Bonchev–Trinajstić information content (AvgIpc) is 2.90. The van der Waals surface area contributed by atoms with Crippen LogP contribution in [-0.2, 0) is 4.79 Å². The normalized spacial score (nSPS) is 15.4. The molecule has 0 unspecified atom stereocenters. The second-order valence-electron chi connectivity index (χ2n) is 5.25. The lowest BCUT2D eigenvalue weighted by Gasteiger charge is -2.21. The number of nitrogen functional groups attached to an aromatic ring is 1. The number of para-hydroxylation sites is 2. The van der Waals surface area contributed by atoms with Crippen molar-refractivity contribution in [2.45, 2.75) is 25.7 Å². The highest BCUT2D eigenvalue weighted by Gasteiger charge is 2.19. The summed E-state index contributed by atoms with van der Waals surface area (Å²) in [6.07, 6.45) is 5.07. The Morgan fingerprint density at radius 2 is 2.05 bits per heavy atom. The minimum atomic E-state index is 0.00940. The fourth-order valence-electron chi connectivity index (χ4n) is 2.54. The van der Waals surface area contributed by atoms with Crippen molar-refractivity contribution < 1.29 is 9.53 Å². The van der Waals surface area contributed by atoms with Gasteiger partial charge in [-0.1, -0.05) is 25.0 Å². The van der Waals surface area contributed by atoms with E-state index in [0.29, 0.717) is 17.4 Å². The molecule has 2 N–H and O–H groups in total. The fraction of sp³-hybridized carbons (Fsp3) is 0.533. The van der Waals surface area contributed by atoms with E-state index in [2.05, 4.69) is 0 Å². The van der Waals surface area contributed by atoms with Crippen LogP contribution in [0.2, 0.25) is 0 Å². The Bertz CT molecular complexity index is 428. The summed E-state index contributed by atoms with van der Waals surface area (Å²) in [5.41, 5.74) is 6.33. The van der Waals surface area contributed by atoms with Crippen molar-refractivity contribution in [3.63, 3.8) is 0 Å². The fourth-order valence-corrected chi connectivity index (χ4v) is 2.54. The highest BCUT2D eigenvalue weighted by atomic mass is 16.5. The molecule has 0 bridgehead atoms. The molecule has 4 nitrogen and oxygen atoms in total. The number of anilines is 1. The topological polar surface area (TPSA) is 55.6 Å². The summed E-state index contributed by atoms with van der Waals surface area (Å²) in [6.45, 7) is 0.893. The van der Waals surface area contributed by atoms with E-state index in [4.69, 9.17) is 10.5 Å². The van der Waals surface area contributed by atoms with Crippen LogP contribution in [0.15, 0.2) is 24.3 Å². The number of ether oxygens (including phenoxy) is 1. The predicted molar refractivity (Wildman–Crippen MR) is 75.9 cm³/mol. The second-order valence-corrected chi connectivity index (χ2v) is 5.25. The molecular formula is C15H22N2O2. The average molecular weight is 262 g/mol. The molecule has 4 heteroatoms. The Balaban J connectivity index is 1.78. The van der Waals surface area contributed by atoms with Crippen LogP contribution in [0.4, 0.5) is 5.69 Å². The standard InChI is InChI=1S/C15H22N2O2/c1-17(10-12-6-2-3-7-12)15(18)11-19-14-9-5-4-8-13(14)16/h4-5,8-9,12H,2-3,6-7,10-11,16H2,1H3. The number of rotatable bonds is 5. The Hall–Kier alpha value is -1.71. The van der Waals surface area contributed by atoms with Crippen LogP contribution in [-0.4, -0.2) is 31.0 Å². The molecule has 0 radical (unpaired) electrons. The van der Waals surface area contributed by atoms with E-state index in [-0.39, 0.29) is 12.5 Å². The molecule has 19 heavy (non-hydrogen) atoms. The first kappa shape index (κ1) is 13.7. The van der Waals surface area contributed by atoms with Crippen LogP contribution in [0.5, 0.6) is 5.75 Å². The zero-order valence-corrected chi connectivity index (χ0v) is 11.5. The maximum Gasteiger partial charge on any atom is 0.260 e. The van der Waals surface area contributed by atoms with Crippen LogP contribution < -0.4 is 10.5 Å². The molecule has 1 aromatic rings. The van der Waals surface area contributed by atoms with Crippen molar-refractivity contribution in [1.82, 2.24) is 4.90 Å². The highest BCUT2D eigenvalue weighted by molar-refractivity contribution is 5.77. The van der Waals surface area contributed by atoms with Gasteiger partial charge in [-0.2, -0.15) is 0 Å². The number of nitrogens with zero attached hydrogens (tertiary/aromatic N) is 1. The molecule has 1 aliphatic carbocycles. The van der Waals surface area contributed by atoms with Crippen molar-refractivity contribution in [1.29, 1.82) is 0 Å². The lowest BCUT2D eigenvalue weighted by Crippen LogP contribution is -2.34. The van der Waals surface area contributed by atoms with Gasteiger partial charge in [-0.15, -0.1) is 0 Å². The SMILES string of the molecule is CN(CC1CCCC1)C(=O)COc1ccccc1N. The first-order valence-corrected chi connectivity index (χ1v) is 6.88. The van der Waals surface area contributed by atoms with E-state index >= 15 is 0 Å². The van der Waals surface area contributed by atoms with Gasteiger partial charge in [0.1, 0.15) is 5.75 Å². The Morgan fingerprint density at radius 1 is 1.37 bits per heavy atom. The third kappa shape index (κ3) is 3.88. The number of hydrogen-bond acceptors (Lipinski definition) is 3. The number of likely N-dealkylation sites (N-methyl/N-ethyl adjacent to an activating group) is 1. The molecule has 0 saturated heterocycles. The van der Waals surface area contributed by atoms with Gasteiger partial charge < -0.3 is 15.4 Å². The van der Waals surface area contributed by atoms with Crippen LogP contribution in [0.25, 0.3) is 0 Å². The van der Waals surface area contributed by atoms with Crippen LogP contribution in [0.3, 0.4) is 0 Å². The quantitative estimate of drug-likeness (QED) is 0.828. The Morgan fingerprint density at radius 3 is 2.74 bits per heavy atom. The monoisotopic (exact) mass is 262 g/mol. The van der Waals surface area contributed by atoms with Gasteiger partial charge in [-0.05, 0) is 30.9 Å². The van der Waals surface area contributed by atoms with E-state index in [9.17, 15) is 4.79 Å². The molecule has 1 aromatic carbocycles. The summed E-state index contributed by atoms with van der Waals surface area (Å²) in [5, 5.41) is 0. The maximum atomic E-state index is 12.0. The number of carbonyl (C=O) groups is 1. The van der Waals surface area contributed by atoms with Gasteiger partial charge in [0.25, 0.3) is 5.91 Å². The molecule has 0 aromatic heterocycles. The largest absolute Gasteiger partial charge is 0.482 e. The van der Waals surface area contributed by atoms with Crippen molar-refractivity contribution >= 4 is 11.6 Å². The number of carbonyl (C=O) groups excluding carboxylic acids is 1. The first-order valence-electron chi connectivity index (χ1n) is 6.88. The van der Waals surface area contributed by atoms with Crippen LogP contribution >= 0.6 is 0 Å². The van der Waals surface area contributed by atoms with Gasteiger partial charge in [0.05, 0.1) is 5.69 Å². The minimum absolute atomic E-state index is 0.00940. The van der Waals surface area contributed by atoms with Crippen LogP contribution in [0.1, 0.15) is 25.7 Å². The molecule has 0 spiro atoms. The molecule has 1 amide bonds. The highest BCUT2D eigenvalue weighted by Crippen LogP contribution is 2.25. The van der Waals surface area contributed by atoms with E-state index < -0.39 is 0 Å². The molecule has 1 aliphatic rings.